The van der Waals surface area contributed by atoms with Crippen molar-refractivity contribution < 1.29 is 22.8 Å². The summed E-state index contributed by atoms with van der Waals surface area (Å²) in [5, 5.41) is 3.72. The molecule has 0 spiro atoms. The number of fused-ring (bicyclic) bond motifs is 3. The number of hydrogen-bond donors (Lipinski definition) is 0. The Balaban J connectivity index is 0.000000187. The molecule has 3 heterocycles. The van der Waals surface area contributed by atoms with E-state index in [0.29, 0.717) is 5.92 Å². The molecule has 5 aromatic carbocycles. The molecule has 3 aromatic heterocycles. The molecule has 5 heteroatoms. The molecule has 0 amide bonds. The summed E-state index contributed by atoms with van der Waals surface area (Å²) >= 11 is 1.83. The van der Waals surface area contributed by atoms with Crippen molar-refractivity contribution in [3.8, 4) is 44.8 Å². The Morgan fingerprint density at radius 1 is 0.707 bits per heavy atom. The van der Waals surface area contributed by atoms with E-state index in [1.165, 1.54) is 54.4 Å². The van der Waals surface area contributed by atoms with Gasteiger partial charge in [0, 0.05) is 39.9 Å². The van der Waals surface area contributed by atoms with Crippen LogP contribution in [0.25, 0.3) is 64.9 Å². The molecule has 1 radical (unpaired) electrons. The van der Waals surface area contributed by atoms with Gasteiger partial charge < -0.3 is 9.97 Å². The predicted molar refractivity (Wildman–Crippen MR) is 248 cm³/mol. The van der Waals surface area contributed by atoms with Gasteiger partial charge in [0.1, 0.15) is 0 Å². The van der Waals surface area contributed by atoms with Crippen LogP contribution in [-0.2, 0) is 26.5 Å². The van der Waals surface area contributed by atoms with Gasteiger partial charge in [0.15, 0.2) is 0 Å². The zero-order valence-electron chi connectivity index (χ0n) is 36.1. The molecule has 1 fully saturated rings. The molecule has 0 saturated heterocycles. The molecular weight excluding hydrogens is 917 g/mol. The van der Waals surface area contributed by atoms with Crippen LogP contribution >= 0.6 is 11.3 Å². The largest absolute Gasteiger partial charge is 0.305 e. The second kappa shape index (κ2) is 18.6. The average molecular weight is 971 g/mol. The van der Waals surface area contributed by atoms with E-state index >= 15 is 0 Å². The van der Waals surface area contributed by atoms with Crippen molar-refractivity contribution in [1.29, 1.82) is 0 Å². The van der Waals surface area contributed by atoms with Gasteiger partial charge in [-0.05, 0) is 85.3 Å². The van der Waals surface area contributed by atoms with Crippen LogP contribution in [0.2, 0.25) is 19.6 Å². The van der Waals surface area contributed by atoms with Crippen LogP contribution < -0.4 is 5.19 Å². The van der Waals surface area contributed by atoms with Gasteiger partial charge in [0.05, 0.1) is 8.07 Å². The first-order valence-electron chi connectivity index (χ1n) is 21.4. The number of rotatable bonds is 8. The van der Waals surface area contributed by atoms with Crippen LogP contribution in [0.5, 0.6) is 0 Å². The Morgan fingerprint density at radius 3 is 2.12 bits per heavy atom. The van der Waals surface area contributed by atoms with Gasteiger partial charge in [-0.1, -0.05) is 155 Å². The second-order valence-electron chi connectivity index (χ2n) is 16.6. The van der Waals surface area contributed by atoms with Crippen LogP contribution in [0.4, 0.5) is 0 Å². The maximum atomic E-state index is 8.99. The molecule has 8 aromatic rings. The summed E-state index contributed by atoms with van der Waals surface area (Å²) in [6.45, 7) is 11.3. The molecule has 1 saturated carbocycles. The Kier molecular flexibility index (Phi) is 12.5. The molecule has 0 bridgehead atoms. The SMILES string of the molecule is CC(C)c1ccnc(-c2[c-]ccc3c2sc2ccc(-c4ccc(-c5ccccc5)cc4)cc23)c1.[2H]C([2H])(c1cc(-c2[c-]cccc2)ncc1[Si](C)(C)C)C1CCCCC1.[Ir]. The third-order valence-electron chi connectivity index (χ3n) is 11.1. The van der Waals surface area contributed by atoms with Gasteiger partial charge in [0.2, 0.25) is 0 Å². The maximum Gasteiger partial charge on any atom is 0.0798 e. The van der Waals surface area contributed by atoms with E-state index in [-0.39, 0.29) is 26.0 Å². The topological polar surface area (TPSA) is 25.8 Å². The summed E-state index contributed by atoms with van der Waals surface area (Å²) in [7, 11) is -1.69. The van der Waals surface area contributed by atoms with Gasteiger partial charge in [-0.2, -0.15) is 11.3 Å². The summed E-state index contributed by atoms with van der Waals surface area (Å²) < 4.78 is 20.5. The molecule has 0 aliphatic heterocycles. The van der Waals surface area contributed by atoms with Crippen molar-refractivity contribution in [2.24, 2.45) is 5.92 Å². The Morgan fingerprint density at radius 2 is 1.41 bits per heavy atom. The molecule has 1 aliphatic rings. The van der Waals surface area contributed by atoms with E-state index in [2.05, 4.69) is 147 Å². The van der Waals surface area contributed by atoms with Crippen molar-refractivity contribution in [1.82, 2.24) is 9.97 Å². The average Bonchev–Trinajstić information content (AvgIpc) is 3.65. The fourth-order valence-electron chi connectivity index (χ4n) is 7.88. The Hall–Kier alpha value is -4.51. The van der Waals surface area contributed by atoms with Gasteiger partial charge in [-0.15, -0.1) is 59.7 Å². The zero-order valence-corrected chi connectivity index (χ0v) is 38.3. The van der Waals surface area contributed by atoms with Crippen LogP contribution in [-0.4, -0.2) is 18.0 Å². The monoisotopic (exact) mass is 971 g/mol. The van der Waals surface area contributed by atoms with Crippen LogP contribution in [0.15, 0.2) is 140 Å². The Labute approximate surface area is 367 Å². The second-order valence-corrected chi connectivity index (χ2v) is 22.7. The quantitative estimate of drug-likeness (QED) is 0.112. The van der Waals surface area contributed by atoms with E-state index in [0.717, 1.165) is 58.9 Å². The number of pyridine rings is 2. The van der Waals surface area contributed by atoms with Crippen molar-refractivity contribution in [3.63, 3.8) is 0 Å². The van der Waals surface area contributed by atoms with Gasteiger partial charge in [0.25, 0.3) is 0 Å². The minimum Gasteiger partial charge on any atom is -0.305 e. The molecule has 0 N–H and O–H groups in total. The van der Waals surface area contributed by atoms with Crippen molar-refractivity contribution >= 4 is 44.8 Å². The molecule has 9 rings (SSSR count). The van der Waals surface area contributed by atoms with Gasteiger partial charge in [-0.3, -0.25) is 0 Å². The van der Waals surface area contributed by atoms with Crippen LogP contribution in [0.3, 0.4) is 0 Å². The van der Waals surface area contributed by atoms with E-state index in [1.54, 1.807) is 0 Å². The molecule has 1 aliphatic carbocycles. The summed E-state index contributed by atoms with van der Waals surface area (Å²) in [5.41, 5.74) is 11.0. The zero-order chi connectivity index (χ0) is 41.1. The van der Waals surface area contributed by atoms with Crippen LogP contribution in [0.1, 0.15) is 65.7 Å². The predicted octanol–water partition coefficient (Wildman–Crippen LogP) is 14.6. The number of nitrogens with zero attached hydrogens (tertiary/aromatic N) is 2. The van der Waals surface area contributed by atoms with Crippen molar-refractivity contribution in [3.05, 3.63) is 163 Å². The molecule has 295 valence electrons. The number of aromatic nitrogens is 2. The molecular formula is C53H52IrN2SSi-2. The van der Waals surface area contributed by atoms with Crippen LogP contribution in [0, 0.1) is 18.1 Å². The fraction of sp³-hybridized carbons (Fsp3) is 0.245. The van der Waals surface area contributed by atoms with Gasteiger partial charge in [-0.25, -0.2) is 0 Å². The maximum absolute atomic E-state index is 8.99. The first-order chi connectivity index (χ1) is 28.5. The third-order valence-corrected chi connectivity index (χ3v) is 14.3. The van der Waals surface area contributed by atoms with E-state index < -0.39 is 14.4 Å². The van der Waals surface area contributed by atoms with Crippen molar-refractivity contribution in [2.75, 3.05) is 0 Å². The summed E-state index contributed by atoms with van der Waals surface area (Å²) in [6, 6.07) is 51.3. The number of thiophene rings is 1. The Bertz CT molecular complexity index is 2680. The third kappa shape index (κ3) is 9.51. The first kappa shape index (κ1) is 39.0. The van der Waals surface area contributed by atoms with Gasteiger partial charge >= 0.3 is 0 Å². The van der Waals surface area contributed by atoms with E-state index in [9.17, 15) is 0 Å². The summed E-state index contributed by atoms with van der Waals surface area (Å²) in [5.74, 6) is 0.588. The smallest absolute Gasteiger partial charge is 0.0798 e. The normalized spacial score (nSPS) is 14.0. The fourth-order valence-corrected chi connectivity index (χ4v) is 10.5. The first-order valence-corrected chi connectivity index (χ1v) is 24.8. The van der Waals surface area contributed by atoms with E-state index in [1.807, 2.05) is 60.1 Å². The minimum absolute atomic E-state index is 0. The molecule has 2 nitrogen and oxygen atoms in total. The van der Waals surface area contributed by atoms with E-state index in [4.69, 9.17) is 2.74 Å². The number of benzene rings is 5. The minimum atomic E-state index is -1.69. The molecule has 58 heavy (non-hydrogen) atoms. The summed E-state index contributed by atoms with van der Waals surface area (Å²) in [4.78, 5) is 9.36. The number of hydrogen-bond acceptors (Lipinski definition) is 3. The standard InChI is InChI=1S/C32H24NS.C21H28NSi.Ir/c1-21(2)25-17-18-33-30(20-25)28-10-6-9-27-29-19-26(15-16-31(29)34-32(27)28)24-13-11-23(12-14-24)22-7-4-3-5-8-22;1-23(2,3)21-16-22-20(18-12-8-5-9-13-18)15-19(21)14-17-10-6-4-7-11-17;/h3-9,11-21H,1-2H3;5,8-9,12,15-17H,4,6-7,10-11,14H2,1-3H3;/q2*-1;/i;14D2;. The summed E-state index contributed by atoms with van der Waals surface area (Å²) in [6.07, 6.45) is 8.10. The van der Waals surface area contributed by atoms with Crippen molar-refractivity contribution in [2.45, 2.75) is 77.9 Å². The molecule has 0 atom stereocenters. The molecule has 0 unspecified atom stereocenters.